The van der Waals surface area contributed by atoms with E-state index in [9.17, 15) is 9.18 Å². The zero-order valence-corrected chi connectivity index (χ0v) is 11.4. The minimum absolute atomic E-state index is 0.0381. The highest BCUT2D eigenvalue weighted by molar-refractivity contribution is 5.72. The molecule has 5 heteroatoms. The molecule has 0 atom stereocenters. The lowest BCUT2D eigenvalue weighted by Gasteiger charge is -2.28. The van der Waals surface area contributed by atoms with Gasteiger partial charge in [0, 0.05) is 6.04 Å². The maximum Gasteiger partial charge on any atom is 0.308 e. The van der Waals surface area contributed by atoms with Crippen molar-refractivity contribution in [3.63, 3.8) is 0 Å². The quantitative estimate of drug-likeness (QED) is 0.862. The molecule has 1 aromatic carbocycles. The van der Waals surface area contributed by atoms with Gasteiger partial charge in [-0.05, 0) is 43.9 Å². The van der Waals surface area contributed by atoms with Crippen LogP contribution in [0.1, 0.15) is 31.2 Å². The fourth-order valence-electron chi connectivity index (χ4n) is 2.56. The van der Waals surface area contributed by atoms with E-state index in [4.69, 9.17) is 10.00 Å². The number of esters is 1. The summed E-state index contributed by atoms with van der Waals surface area (Å²) in [7, 11) is 1.40. The molecule has 2 rings (SSSR count). The summed E-state index contributed by atoms with van der Waals surface area (Å²) in [6, 6.07) is 6.45. The lowest BCUT2D eigenvalue weighted by molar-refractivity contribution is -0.146. The zero-order chi connectivity index (χ0) is 14.5. The topological polar surface area (TPSA) is 62.1 Å². The number of rotatable bonds is 3. The van der Waals surface area contributed by atoms with Gasteiger partial charge in [0.15, 0.2) is 0 Å². The van der Waals surface area contributed by atoms with Gasteiger partial charge < -0.3 is 10.1 Å². The molecule has 0 spiro atoms. The molecule has 0 saturated heterocycles. The Hall–Kier alpha value is -2.09. The van der Waals surface area contributed by atoms with Gasteiger partial charge in [0.1, 0.15) is 5.82 Å². The van der Waals surface area contributed by atoms with Crippen molar-refractivity contribution in [1.82, 2.24) is 0 Å². The maximum absolute atomic E-state index is 13.8. The predicted molar refractivity (Wildman–Crippen MR) is 72.5 cm³/mol. The second kappa shape index (κ2) is 6.38. The van der Waals surface area contributed by atoms with Gasteiger partial charge in [0.25, 0.3) is 0 Å². The van der Waals surface area contributed by atoms with E-state index >= 15 is 0 Å². The number of nitrogens with one attached hydrogen (secondary N) is 1. The summed E-state index contributed by atoms with van der Waals surface area (Å²) in [6.45, 7) is 0. The van der Waals surface area contributed by atoms with Crippen LogP contribution in [0.3, 0.4) is 0 Å². The fourth-order valence-corrected chi connectivity index (χ4v) is 2.56. The molecule has 1 aliphatic carbocycles. The largest absolute Gasteiger partial charge is 0.469 e. The molecule has 20 heavy (non-hydrogen) atoms. The molecule has 1 fully saturated rings. The van der Waals surface area contributed by atoms with Crippen molar-refractivity contribution < 1.29 is 13.9 Å². The number of anilines is 1. The van der Waals surface area contributed by atoms with Crippen molar-refractivity contribution in [2.45, 2.75) is 31.7 Å². The lowest BCUT2D eigenvalue weighted by atomic mass is 9.86. The normalized spacial score (nSPS) is 21.9. The molecule has 4 nitrogen and oxygen atoms in total. The van der Waals surface area contributed by atoms with Crippen LogP contribution in [0, 0.1) is 23.1 Å². The van der Waals surface area contributed by atoms with E-state index in [-0.39, 0.29) is 17.9 Å². The van der Waals surface area contributed by atoms with Gasteiger partial charge in [-0.15, -0.1) is 0 Å². The van der Waals surface area contributed by atoms with Crippen LogP contribution in [-0.4, -0.2) is 19.1 Å². The molecule has 0 heterocycles. The summed E-state index contributed by atoms with van der Waals surface area (Å²) >= 11 is 0. The first-order valence-electron chi connectivity index (χ1n) is 6.68. The van der Waals surface area contributed by atoms with Crippen molar-refractivity contribution in [2.75, 3.05) is 12.4 Å². The minimum Gasteiger partial charge on any atom is -0.469 e. The highest BCUT2D eigenvalue weighted by Crippen LogP contribution is 2.28. The smallest absolute Gasteiger partial charge is 0.308 e. The van der Waals surface area contributed by atoms with Crippen molar-refractivity contribution in [1.29, 1.82) is 5.26 Å². The molecule has 0 aliphatic heterocycles. The zero-order valence-electron chi connectivity index (χ0n) is 11.4. The average Bonchev–Trinajstić information content (AvgIpc) is 2.49. The summed E-state index contributed by atoms with van der Waals surface area (Å²) in [5.41, 5.74) is 0.716. The van der Waals surface area contributed by atoms with Crippen LogP contribution < -0.4 is 5.32 Å². The van der Waals surface area contributed by atoms with E-state index < -0.39 is 5.82 Å². The van der Waals surface area contributed by atoms with E-state index in [1.807, 2.05) is 6.07 Å². The molecule has 1 N–H and O–H groups in total. The first-order chi connectivity index (χ1) is 9.63. The van der Waals surface area contributed by atoms with Crippen LogP contribution in [0.5, 0.6) is 0 Å². The van der Waals surface area contributed by atoms with Gasteiger partial charge in [-0.1, -0.05) is 0 Å². The number of ether oxygens (including phenoxy) is 1. The molecule has 106 valence electrons. The monoisotopic (exact) mass is 276 g/mol. The van der Waals surface area contributed by atoms with Crippen LogP contribution in [0.15, 0.2) is 18.2 Å². The maximum atomic E-state index is 13.8. The van der Waals surface area contributed by atoms with Crippen molar-refractivity contribution in [3.8, 4) is 6.07 Å². The number of hydrogen-bond donors (Lipinski definition) is 1. The molecular formula is C15H17FN2O2. The van der Waals surface area contributed by atoms with Gasteiger partial charge in [-0.25, -0.2) is 4.39 Å². The van der Waals surface area contributed by atoms with Gasteiger partial charge in [0.05, 0.1) is 30.3 Å². The highest BCUT2D eigenvalue weighted by Gasteiger charge is 2.27. The Morgan fingerprint density at radius 2 is 2.10 bits per heavy atom. The van der Waals surface area contributed by atoms with Gasteiger partial charge >= 0.3 is 5.97 Å². The Balaban J connectivity index is 1.93. The summed E-state index contributed by atoms with van der Waals surface area (Å²) in [5, 5.41) is 11.8. The molecule has 1 aliphatic rings. The van der Waals surface area contributed by atoms with Crippen LogP contribution in [0.4, 0.5) is 10.1 Å². The van der Waals surface area contributed by atoms with E-state index in [1.54, 1.807) is 12.1 Å². The van der Waals surface area contributed by atoms with Crippen LogP contribution in [0.2, 0.25) is 0 Å². The number of carbonyl (C=O) groups excluding carboxylic acids is 1. The number of hydrogen-bond acceptors (Lipinski definition) is 4. The number of nitrogens with zero attached hydrogens (tertiary/aromatic N) is 1. The van der Waals surface area contributed by atoms with E-state index in [0.717, 1.165) is 25.7 Å². The van der Waals surface area contributed by atoms with Crippen LogP contribution in [0.25, 0.3) is 0 Å². The second-order valence-electron chi connectivity index (χ2n) is 5.02. The van der Waals surface area contributed by atoms with Crippen molar-refractivity contribution in [2.24, 2.45) is 5.92 Å². The van der Waals surface area contributed by atoms with Crippen LogP contribution in [-0.2, 0) is 9.53 Å². The Kier molecular flexibility index (Phi) is 4.57. The Bertz CT molecular complexity index is 531. The highest BCUT2D eigenvalue weighted by atomic mass is 19.1. The predicted octanol–water partition coefficient (Wildman–Crippen LogP) is 2.84. The summed E-state index contributed by atoms with van der Waals surface area (Å²) in [5.74, 6) is -0.615. The standard InChI is InChI=1S/C15H17FN2O2/c1-20-15(19)11-3-5-12(6-4-11)18-14-7-2-10(9-17)8-13(14)16/h2,7-8,11-12,18H,3-6H2,1H3. The second-order valence-corrected chi connectivity index (χ2v) is 5.02. The molecule has 1 saturated carbocycles. The Morgan fingerprint density at radius 1 is 1.40 bits per heavy atom. The number of methoxy groups -OCH3 is 1. The van der Waals surface area contributed by atoms with Crippen molar-refractivity contribution in [3.05, 3.63) is 29.6 Å². The molecule has 0 amide bonds. The first kappa shape index (κ1) is 14.3. The number of benzene rings is 1. The van der Waals surface area contributed by atoms with E-state index in [0.29, 0.717) is 11.3 Å². The number of halogens is 1. The third kappa shape index (κ3) is 3.27. The lowest BCUT2D eigenvalue weighted by Crippen LogP contribution is -2.30. The summed E-state index contributed by atoms with van der Waals surface area (Å²) in [6.07, 6.45) is 3.11. The van der Waals surface area contributed by atoms with Crippen molar-refractivity contribution >= 4 is 11.7 Å². The minimum atomic E-state index is -0.417. The number of carbonyl (C=O) groups is 1. The molecule has 0 unspecified atom stereocenters. The van der Waals surface area contributed by atoms with E-state index in [1.165, 1.54) is 13.2 Å². The third-order valence-electron chi connectivity index (χ3n) is 3.72. The fraction of sp³-hybridized carbons (Fsp3) is 0.467. The molecule has 0 aromatic heterocycles. The van der Waals surface area contributed by atoms with Gasteiger partial charge in [0.2, 0.25) is 0 Å². The molecule has 0 radical (unpaired) electrons. The number of nitriles is 1. The Morgan fingerprint density at radius 3 is 2.65 bits per heavy atom. The third-order valence-corrected chi connectivity index (χ3v) is 3.72. The first-order valence-corrected chi connectivity index (χ1v) is 6.68. The van der Waals surface area contributed by atoms with E-state index in [2.05, 4.69) is 5.32 Å². The summed E-state index contributed by atoms with van der Waals surface area (Å²) < 4.78 is 18.5. The van der Waals surface area contributed by atoms with Gasteiger partial charge in [-0.3, -0.25) is 4.79 Å². The van der Waals surface area contributed by atoms with Gasteiger partial charge in [-0.2, -0.15) is 5.26 Å². The average molecular weight is 276 g/mol. The molecule has 1 aromatic rings. The summed E-state index contributed by atoms with van der Waals surface area (Å²) in [4.78, 5) is 11.4. The molecule has 0 bridgehead atoms. The SMILES string of the molecule is COC(=O)C1CCC(Nc2ccc(C#N)cc2F)CC1. The molecular weight excluding hydrogens is 259 g/mol. The Labute approximate surface area is 117 Å². The van der Waals surface area contributed by atoms with Crippen LogP contribution >= 0.6 is 0 Å².